The summed E-state index contributed by atoms with van der Waals surface area (Å²) in [5.74, 6) is 0.0826. The van der Waals surface area contributed by atoms with E-state index in [1.54, 1.807) is 36.4 Å². The number of esters is 1. The normalized spacial score (nSPS) is 15.8. The highest BCUT2D eigenvalue weighted by Gasteiger charge is 2.29. The van der Waals surface area contributed by atoms with Gasteiger partial charge >= 0.3 is 5.97 Å². The Labute approximate surface area is 143 Å². The van der Waals surface area contributed by atoms with Crippen molar-refractivity contribution in [3.63, 3.8) is 0 Å². The van der Waals surface area contributed by atoms with Crippen LogP contribution >= 0.6 is 11.6 Å². The molecule has 0 aliphatic carbocycles. The molecule has 0 fully saturated rings. The van der Waals surface area contributed by atoms with Gasteiger partial charge in [-0.3, -0.25) is 4.79 Å². The molecular formula is C17H15ClN2O4. The van der Waals surface area contributed by atoms with Gasteiger partial charge in [-0.25, -0.2) is 4.79 Å². The summed E-state index contributed by atoms with van der Waals surface area (Å²) >= 11 is 5.94. The molecule has 0 unspecified atom stereocenters. The van der Waals surface area contributed by atoms with Gasteiger partial charge in [-0.1, -0.05) is 23.7 Å². The first-order valence-corrected chi connectivity index (χ1v) is 7.65. The van der Waals surface area contributed by atoms with Crippen LogP contribution in [0.25, 0.3) is 0 Å². The van der Waals surface area contributed by atoms with E-state index in [4.69, 9.17) is 21.1 Å². The predicted octanol–water partition coefficient (Wildman–Crippen LogP) is 3.08. The molecule has 0 saturated carbocycles. The zero-order valence-corrected chi connectivity index (χ0v) is 13.6. The summed E-state index contributed by atoms with van der Waals surface area (Å²) in [4.78, 5) is 24.3. The SMILES string of the molecule is COc1ccc(Cl)cc1NC(=O)C[C@H]1Nc2ccccc2OC1=O. The fourth-order valence-electron chi connectivity index (χ4n) is 2.40. The molecule has 24 heavy (non-hydrogen) atoms. The van der Waals surface area contributed by atoms with Crippen LogP contribution in [0, 0.1) is 0 Å². The molecular weight excluding hydrogens is 332 g/mol. The lowest BCUT2D eigenvalue weighted by Crippen LogP contribution is -2.39. The monoisotopic (exact) mass is 346 g/mol. The van der Waals surface area contributed by atoms with E-state index in [9.17, 15) is 9.59 Å². The van der Waals surface area contributed by atoms with Crippen LogP contribution in [0.5, 0.6) is 11.5 Å². The fourth-order valence-corrected chi connectivity index (χ4v) is 2.57. The van der Waals surface area contributed by atoms with Gasteiger partial charge in [0, 0.05) is 5.02 Å². The van der Waals surface area contributed by atoms with Gasteiger partial charge in [-0.2, -0.15) is 0 Å². The second-order valence-electron chi connectivity index (χ2n) is 5.21. The van der Waals surface area contributed by atoms with Crippen LogP contribution in [0.15, 0.2) is 42.5 Å². The summed E-state index contributed by atoms with van der Waals surface area (Å²) in [5, 5.41) is 6.18. The fraction of sp³-hybridized carbons (Fsp3) is 0.176. The Morgan fingerprint density at radius 2 is 2.12 bits per heavy atom. The van der Waals surface area contributed by atoms with Crippen molar-refractivity contribution in [2.45, 2.75) is 12.5 Å². The Hall–Kier alpha value is -2.73. The van der Waals surface area contributed by atoms with Gasteiger partial charge in [0.25, 0.3) is 0 Å². The third-order valence-corrected chi connectivity index (χ3v) is 3.77. The first-order chi connectivity index (χ1) is 11.6. The molecule has 1 aliphatic rings. The summed E-state index contributed by atoms with van der Waals surface area (Å²) in [5.41, 5.74) is 1.12. The average Bonchev–Trinajstić information content (AvgIpc) is 2.55. The molecule has 0 bridgehead atoms. The van der Waals surface area contributed by atoms with Crippen molar-refractivity contribution >= 4 is 34.9 Å². The quantitative estimate of drug-likeness (QED) is 0.657. The van der Waals surface area contributed by atoms with Crippen LogP contribution in [0.3, 0.4) is 0 Å². The highest BCUT2D eigenvalue weighted by atomic mass is 35.5. The number of hydrogen-bond acceptors (Lipinski definition) is 5. The van der Waals surface area contributed by atoms with Crippen LogP contribution in [0.4, 0.5) is 11.4 Å². The minimum absolute atomic E-state index is 0.0805. The number of fused-ring (bicyclic) bond motifs is 1. The zero-order valence-electron chi connectivity index (χ0n) is 12.8. The molecule has 124 valence electrons. The van der Waals surface area contributed by atoms with E-state index in [0.717, 1.165) is 0 Å². The number of para-hydroxylation sites is 2. The maximum atomic E-state index is 12.3. The van der Waals surface area contributed by atoms with Crippen molar-refractivity contribution in [3.05, 3.63) is 47.5 Å². The first-order valence-electron chi connectivity index (χ1n) is 7.27. The Balaban J connectivity index is 1.70. The number of benzene rings is 2. The first kappa shape index (κ1) is 16.1. The number of amides is 1. The minimum atomic E-state index is -0.759. The van der Waals surface area contributed by atoms with Crippen molar-refractivity contribution in [2.75, 3.05) is 17.7 Å². The summed E-state index contributed by atoms with van der Waals surface area (Å²) in [6, 6.07) is 11.2. The number of nitrogens with one attached hydrogen (secondary N) is 2. The molecule has 0 spiro atoms. The van der Waals surface area contributed by atoms with E-state index in [1.165, 1.54) is 7.11 Å². The summed E-state index contributed by atoms with van der Waals surface area (Å²) in [7, 11) is 1.50. The van der Waals surface area contributed by atoms with E-state index in [1.807, 2.05) is 6.07 Å². The lowest BCUT2D eigenvalue weighted by Gasteiger charge is -2.25. The number of halogens is 1. The molecule has 1 heterocycles. The van der Waals surface area contributed by atoms with E-state index in [-0.39, 0.29) is 12.3 Å². The van der Waals surface area contributed by atoms with Crippen molar-refractivity contribution in [2.24, 2.45) is 0 Å². The highest BCUT2D eigenvalue weighted by Crippen LogP contribution is 2.30. The smallest absolute Gasteiger partial charge is 0.334 e. The number of methoxy groups -OCH3 is 1. The predicted molar refractivity (Wildman–Crippen MR) is 90.7 cm³/mol. The van der Waals surface area contributed by atoms with Crippen molar-refractivity contribution in [1.82, 2.24) is 0 Å². The van der Waals surface area contributed by atoms with E-state index < -0.39 is 12.0 Å². The van der Waals surface area contributed by atoms with Crippen LogP contribution < -0.4 is 20.1 Å². The summed E-state index contributed by atoms with van der Waals surface area (Å²) < 4.78 is 10.4. The lowest BCUT2D eigenvalue weighted by atomic mass is 10.1. The molecule has 0 aromatic heterocycles. The second-order valence-corrected chi connectivity index (χ2v) is 5.65. The van der Waals surface area contributed by atoms with Crippen LogP contribution in [0.2, 0.25) is 5.02 Å². The Morgan fingerprint density at radius 3 is 2.92 bits per heavy atom. The summed E-state index contributed by atoms with van der Waals surface area (Å²) in [6.07, 6.45) is -0.0805. The zero-order chi connectivity index (χ0) is 17.1. The molecule has 2 N–H and O–H groups in total. The van der Waals surface area contributed by atoms with Gasteiger partial charge in [-0.15, -0.1) is 0 Å². The maximum Gasteiger partial charge on any atom is 0.334 e. The molecule has 1 aliphatic heterocycles. The molecule has 1 atom stereocenters. The Bertz CT molecular complexity index is 794. The molecule has 0 saturated heterocycles. The highest BCUT2D eigenvalue weighted by molar-refractivity contribution is 6.31. The molecule has 7 heteroatoms. The summed E-state index contributed by atoms with van der Waals surface area (Å²) in [6.45, 7) is 0. The molecule has 2 aromatic rings. The maximum absolute atomic E-state index is 12.3. The third kappa shape index (κ3) is 3.44. The number of anilines is 2. The van der Waals surface area contributed by atoms with Gasteiger partial charge in [0.15, 0.2) is 5.75 Å². The Kier molecular flexibility index (Phi) is 4.57. The number of rotatable bonds is 4. The third-order valence-electron chi connectivity index (χ3n) is 3.54. The van der Waals surface area contributed by atoms with Gasteiger partial charge < -0.3 is 20.1 Å². The van der Waals surface area contributed by atoms with Gasteiger partial charge in [-0.05, 0) is 30.3 Å². The van der Waals surface area contributed by atoms with E-state index in [2.05, 4.69) is 10.6 Å². The van der Waals surface area contributed by atoms with Crippen LogP contribution in [-0.2, 0) is 9.59 Å². The van der Waals surface area contributed by atoms with Crippen LogP contribution in [-0.4, -0.2) is 25.0 Å². The van der Waals surface area contributed by atoms with Gasteiger partial charge in [0.1, 0.15) is 11.8 Å². The number of ether oxygens (including phenoxy) is 2. The minimum Gasteiger partial charge on any atom is -0.495 e. The molecule has 0 radical (unpaired) electrons. The van der Waals surface area contributed by atoms with E-state index in [0.29, 0.717) is 27.9 Å². The number of carbonyl (C=O) groups is 2. The number of hydrogen-bond donors (Lipinski definition) is 2. The van der Waals surface area contributed by atoms with Gasteiger partial charge in [0.05, 0.1) is 24.9 Å². The molecule has 1 amide bonds. The standard InChI is InChI=1S/C17H15ClN2O4/c1-23-14-7-6-10(18)8-12(14)20-16(21)9-13-17(22)24-15-5-3-2-4-11(15)19-13/h2-8,13,19H,9H2,1H3,(H,20,21)/t13-/m1/s1. The van der Waals surface area contributed by atoms with Crippen LogP contribution in [0.1, 0.15) is 6.42 Å². The van der Waals surface area contributed by atoms with Crippen molar-refractivity contribution < 1.29 is 19.1 Å². The van der Waals surface area contributed by atoms with E-state index >= 15 is 0 Å². The molecule has 2 aromatic carbocycles. The van der Waals surface area contributed by atoms with Crippen molar-refractivity contribution in [3.8, 4) is 11.5 Å². The lowest BCUT2D eigenvalue weighted by molar-refractivity contribution is -0.137. The van der Waals surface area contributed by atoms with Gasteiger partial charge in [0.2, 0.25) is 5.91 Å². The topological polar surface area (TPSA) is 76.7 Å². The number of carbonyl (C=O) groups excluding carboxylic acids is 2. The Morgan fingerprint density at radius 1 is 1.33 bits per heavy atom. The second kappa shape index (κ2) is 6.80. The average molecular weight is 347 g/mol. The molecule has 3 rings (SSSR count). The van der Waals surface area contributed by atoms with Crippen molar-refractivity contribution in [1.29, 1.82) is 0 Å². The largest absolute Gasteiger partial charge is 0.495 e. The molecule has 6 nitrogen and oxygen atoms in total.